The molecular weight excluding hydrogens is 643 g/mol. The first kappa shape index (κ1) is 32.8. The van der Waals surface area contributed by atoms with E-state index in [9.17, 15) is 0 Å². The molecule has 0 atom stereocenters. The maximum absolute atomic E-state index is 6.48. The first-order valence-electron chi connectivity index (χ1n) is 17.7. The lowest BCUT2D eigenvalue weighted by Crippen LogP contribution is -2.14. The maximum atomic E-state index is 6.48. The molecule has 0 saturated carbocycles. The highest BCUT2D eigenvalue weighted by atomic mass is 16.5. The van der Waals surface area contributed by atoms with Gasteiger partial charge in [0.25, 0.3) is 0 Å². The van der Waals surface area contributed by atoms with Crippen molar-refractivity contribution in [2.24, 2.45) is 11.8 Å². The fraction of sp³-hybridized carbons (Fsp3) is 0.156. The van der Waals surface area contributed by atoms with Crippen LogP contribution in [0.3, 0.4) is 0 Å². The summed E-state index contributed by atoms with van der Waals surface area (Å²) in [6.45, 7) is 9.03. The Balaban J connectivity index is 1.21. The lowest BCUT2D eigenvalue weighted by Gasteiger charge is -2.24. The van der Waals surface area contributed by atoms with Crippen LogP contribution >= 0.6 is 0 Å². The number of nitrogens with zero attached hydrogens (tertiary/aromatic N) is 5. The largest absolute Gasteiger partial charge is 0.457 e. The monoisotopic (exact) mass is 681 g/mol. The van der Waals surface area contributed by atoms with Crippen molar-refractivity contribution in [2.45, 2.75) is 33.6 Å². The summed E-state index contributed by atoms with van der Waals surface area (Å²) in [5.74, 6) is 4.73. The molecule has 0 radical (unpaired) electrons. The second-order valence-corrected chi connectivity index (χ2v) is 13.7. The third kappa shape index (κ3) is 6.61. The van der Waals surface area contributed by atoms with E-state index in [4.69, 9.17) is 19.4 Å². The number of benzene rings is 4. The average molecular weight is 682 g/mol. The van der Waals surface area contributed by atoms with E-state index in [-0.39, 0.29) is 0 Å². The molecule has 0 aliphatic carbocycles. The number of rotatable bonds is 10. The second-order valence-electron chi connectivity index (χ2n) is 13.7. The molecule has 8 rings (SSSR count). The number of hydrogen-bond donors (Lipinski definition) is 0. The van der Waals surface area contributed by atoms with Crippen LogP contribution in [0.5, 0.6) is 23.0 Å². The lowest BCUT2D eigenvalue weighted by molar-refractivity contribution is 0.386. The van der Waals surface area contributed by atoms with E-state index >= 15 is 0 Å². The zero-order valence-corrected chi connectivity index (χ0v) is 29.6. The number of pyridine rings is 2. The molecule has 4 aromatic carbocycles. The number of aromatic nitrogens is 5. The van der Waals surface area contributed by atoms with Crippen LogP contribution in [0.15, 0.2) is 146 Å². The molecule has 0 saturated heterocycles. The minimum atomic E-state index is 0.357. The summed E-state index contributed by atoms with van der Waals surface area (Å²) in [6.07, 6.45) is 7.56. The highest BCUT2D eigenvalue weighted by Gasteiger charge is 2.22. The van der Waals surface area contributed by atoms with E-state index in [1.165, 1.54) is 0 Å². The molecular formula is C45H39N5O2. The van der Waals surface area contributed by atoms with Gasteiger partial charge in [-0.2, -0.15) is 0 Å². The van der Waals surface area contributed by atoms with Gasteiger partial charge in [0.15, 0.2) is 0 Å². The van der Waals surface area contributed by atoms with Crippen molar-refractivity contribution in [1.29, 1.82) is 0 Å². The molecule has 0 unspecified atom stereocenters. The van der Waals surface area contributed by atoms with Crippen LogP contribution in [0.2, 0.25) is 0 Å². The van der Waals surface area contributed by atoms with Crippen molar-refractivity contribution in [1.82, 2.24) is 24.5 Å². The van der Waals surface area contributed by atoms with Gasteiger partial charge in [0.2, 0.25) is 5.95 Å². The molecule has 4 aromatic heterocycles. The van der Waals surface area contributed by atoms with Crippen LogP contribution in [0.25, 0.3) is 50.3 Å². The van der Waals surface area contributed by atoms with Gasteiger partial charge in [0, 0.05) is 58.8 Å². The van der Waals surface area contributed by atoms with Crippen molar-refractivity contribution in [3.05, 3.63) is 152 Å². The van der Waals surface area contributed by atoms with Crippen molar-refractivity contribution in [3.63, 3.8) is 0 Å². The quantitative estimate of drug-likeness (QED) is 0.143. The Morgan fingerprint density at radius 2 is 0.962 bits per heavy atom. The Bertz CT molecular complexity index is 2330. The Kier molecular flexibility index (Phi) is 8.91. The van der Waals surface area contributed by atoms with E-state index in [2.05, 4.69) is 66.5 Å². The lowest BCUT2D eigenvalue weighted by atomic mass is 9.81. The molecule has 0 bridgehead atoms. The van der Waals surface area contributed by atoms with Crippen LogP contribution < -0.4 is 9.47 Å². The summed E-state index contributed by atoms with van der Waals surface area (Å²) in [5, 5.41) is 2.12. The van der Waals surface area contributed by atoms with E-state index in [1.807, 2.05) is 109 Å². The van der Waals surface area contributed by atoms with Crippen LogP contribution in [-0.2, 0) is 0 Å². The summed E-state index contributed by atoms with van der Waals surface area (Å²) >= 11 is 0. The third-order valence-electron chi connectivity index (χ3n) is 9.45. The van der Waals surface area contributed by atoms with Crippen LogP contribution in [-0.4, -0.2) is 24.5 Å². The number of hydrogen-bond acceptors (Lipinski definition) is 6. The van der Waals surface area contributed by atoms with Crippen molar-refractivity contribution >= 4 is 21.8 Å². The van der Waals surface area contributed by atoms with Gasteiger partial charge in [-0.1, -0.05) is 64.1 Å². The van der Waals surface area contributed by atoms with E-state index in [0.717, 1.165) is 61.4 Å². The van der Waals surface area contributed by atoms with Crippen LogP contribution in [0.1, 0.15) is 39.2 Å². The van der Waals surface area contributed by atoms with Gasteiger partial charge in [-0.15, -0.1) is 0 Å². The predicted octanol–water partition coefficient (Wildman–Crippen LogP) is 11.7. The van der Waals surface area contributed by atoms with Gasteiger partial charge in [-0.05, 0) is 96.1 Å². The van der Waals surface area contributed by atoms with Gasteiger partial charge in [-0.3, -0.25) is 14.5 Å². The van der Waals surface area contributed by atoms with E-state index < -0.39 is 0 Å². The van der Waals surface area contributed by atoms with Crippen LogP contribution in [0.4, 0.5) is 0 Å². The summed E-state index contributed by atoms with van der Waals surface area (Å²) in [4.78, 5) is 19.0. The van der Waals surface area contributed by atoms with Crippen molar-refractivity contribution < 1.29 is 9.47 Å². The standard InChI is InChI=1S/C45H39N5O2/c1-29(2)44(30(3)4)33-27-48-45(49-28-33)50-42-25-36(51-34-13-9-11-31(23-34)40-15-5-7-21-46-40)17-19-38(42)39-20-18-37(26-43(39)50)52-35-14-10-12-32(24-35)41-16-6-8-22-47-41/h5-30,44H,1-4H3. The maximum Gasteiger partial charge on any atom is 0.234 e. The normalized spacial score (nSPS) is 11.6. The Hall–Kier alpha value is -6.34. The topological polar surface area (TPSA) is 75.0 Å². The fourth-order valence-electron chi connectivity index (χ4n) is 7.26. The molecule has 0 aliphatic rings. The zero-order valence-electron chi connectivity index (χ0n) is 29.6. The summed E-state index contributed by atoms with van der Waals surface area (Å²) in [7, 11) is 0. The highest BCUT2D eigenvalue weighted by Crippen LogP contribution is 2.38. The highest BCUT2D eigenvalue weighted by molar-refractivity contribution is 6.09. The molecule has 0 N–H and O–H groups in total. The minimum Gasteiger partial charge on any atom is -0.457 e. The Morgan fingerprint density at radius 1 is 0.481 bits per heavy atom. The molecule has 8 aromatic rings. The zero-order chi connectivity index (χ0) is 35.6. The Labute approximate surface area is 303 Å². The number of fused-ring (bicyclic) bond motifs is 3. The number of ether oxygens (including phenoxy) is 2. The SMILES string of the molecule is CC(C)C(c1cnc(-n2c3cc(Oc4cccc(-c5ccccn5)c4)ccc3c3ccc(Oc4cccc(-c5ccccn5)c4)cc32)nc1)C(C)C. The summed E-state index contributed by atoms with van der Waals surface area (Å²) in [6, 6.07) is 40.1. The van der Waals surface area contributed by atoms with Crippen LogP contribution in [0, 0.1) is 11.8 Å². The molecule has 256 valence electrons. The molecule has 7 nitrogen and oxygen atoms in total. The minimum absolute atomic E-state index is 0.357. The van der Waals surface area contributed by atoms with E-state index in [0.29, 0.717) is 35.2 Å². The second kappa shape index (κ2) is 14.1. The summed E-state index contributed by atoms with van der Waals surface area (Å²) < 4.78 is 15.1. The Morgan fingerprint density at radius 3 is 1.40 bits per heavy atom. The molecule has 52 heavy (non-hydrogen) atoms. The molecule has 0 amide bonds. The van der Waals surface area contributed by atoms with Crippen molar-refractivity contribution in [2.75, 3.05) is 0 Å². The predicted molar refractivity (Wildman–Crippen MR) is 208 cm³/mol. The average Bonchev–Trinajstić information content (AvgIpc) is 3.48. The van der Waals surface area contributed by atoms with Gasteiger partial charge in [0.05, 0.1) is 22.4 Å². The first-order chi connectivity index (χ1) is 25.4. The third-order valence-corrected chi connectivity index (χ3v) is 9.45. The molecule has 0 aliphatic heterocycles. The first-order valence-corrected chi connectivity index (χ1v) is 17.7. The fourth-order valence-corrected chi connectivity index (χ4v) is 7.26. The summed E-state index contributed by atoms with van der Waals surface area (Å²) in [5.41, 5.74) is 6.76. The molecule has 4 heterocycles. The van der Waals surface area contributed by atoms with Gasteiger partial charge < -0.3 is 9.47 Å². The van der Waals surface area contributed by atoms with Gasteiger partial charge in [0.1, 0.15) is 23.0 Å². The van der Waals surface area contributed by atoms with E-state index in [1.54, 1.807) is 12.4 Å². The van der Waals surface area contributed by atoms with Gasteiger partial charge >= 0.3 is 0 Å². The molecule has 7 heteroatoms. The smallest absolute Gasteiger partial charge is 0.234 e. The van der Waals surface area contributed by atoms with Gasteiger partial charge in [-0.25, -0.2) is 9.97 Å². The van der Waals surface area contributed by atoms with Crippen molar-refractivity contribution in [3.8, 4) is 51.5 Å². The molecule has 0 fully saturated rings. The molecule has 0 spiro atoms.